The van der Waals surface area contributed by atoms with Crippen molar-refractivity contribution in [1.29, 1.82) is 0 Å². The first-order valence-electron chi connectivity index (χ1n) is 10.2. The van der Waals surface area contributed by atoms with Crippen LogP contribution >= 0.6 is 11.6 Å². The summed E-state index contributed by atoms with van der Waals surface area (Å²) in [4.78, 5) is 14.5. The zero-order valence-electron chi connectivity index (χ0n) is 17.6. The van der Waals surface area contributed by atoms with Gasteiger partial charge >= 0.3 is 0 Å². The molecule has 2 aromatic rings. The molecule has 1 atom stereocenters. The number of sulfonamides is 1. The minimum atomic E-state index is -3.61. The number of benzene rings is 2. The zero-order valence-corrected chi connectivity index (χ0v) is 19.2. The predicted molar refractivity (Wildman–Crippen MR) is 120 cm³/mol. The third-order valence-electron chi connectivity index (χ3n) is 5.62. The summed E-state index contributed by atoms with van der Waals surface area (Å²) in [5.41, 5.74) is 0.824. The second kappa shape index (κ2) is 10.1. The first kappa shape index (κ1) is 23.7. The average molecular weight is 468 g/mol. The Morgan fingerprint density at radius 1 is 1.23 bits per heavy atom. The van der Waals surface area contributed by atoms with Gasteiger partial charge in [-0.2, -0.15) is 4.31 Å². The van der Waals surface area contributed by atoms with Gasteiger partial charge in [0.2, 0.25) is 15.9 Å². The molecule has 0 radical (unpaired) electrons. The molecule has 1 N–H and O–H groups in total. The molecule has 1 saturated heterocycles. The van der Waals surface area contributed by atoms with E-state index in [1.165, 1.54) is 28.6 Å². The van der Waals surface area contributed by atoms with Crippen molar-refractivity contribution in [2.75, 3.05) is 32.0 Å². The first-order valence-corrected chi connectivity index (χ1v) is 12.1. The van der Waals surface area contributed by atoms with Gasteiger partial charge in [-0.1, -0.05) is 29.8 Å². The fourth-order valence-electron chi connectivity index (χ4n) is 3.57. The second-order valence-corrected chi connectivity index (χ2v) is 10.1. The van der Waals surface area contributed by atoms with Gasteiger partial charge in [0.05, 0.1) is 15.6 Å². The van der Waals surface area contributed by atoms with Crippen LogP contribution in [0.25, 0.3) is 0 Å². The molecular formula is C22H27ClFN3O3S. The van der Waals surface area contributed by atoms with Gasteiger partial charge in [0.15, 0.2) is 0 Å². The molecule has 1 fully saturated rings. The van der Waals surface area contributed by atoms with E-state index in [0.29, 0.717) is 25.2 Å². The fourth-order valence-corrected chi connectivity index (χ4v) is 5.28. The van der Waals surface area contributed by atoms with E-state index in [9.17, 15) is 17.6 Å². The number of halogens is 2. The van der Waals surface area contributed by atoms with Crippen LogP contribution in [0, 0.1) is 5.82 Å². The largest absolute Gasteiger partial charge is 0.325 e. The Labute approximate surface area is 188 Å². The number of anilines is 1. The van der Waals surface area contributed by atoms with Crippen molar-refractivity contribution >= 4 is 33.2 Å². The summed E-state index contributed by atoms with van der Waals surface area (Å²) in [6.07, 6.45) is 1.83. The standard InChI is InChI=1S/C22H27ClFN3O3S/c1-16(18-7-3-4-8-20(18)24)26(2)14-11-22(28)25-21-15-17(9-10-19(21)23)31(29,30)27-12-5-6-13-27/h3-4,7-10,15-16H,5-6,11-14H2,1-2H3,(H,25,28). The number of carbonyl (C=O) groups excluding carboxylic acids is 1. The van der Waals surface area contributed by atoms with Gasteiger partial charge in [-0.15, -0.1) is 0 Å². The minimum Gasteiger partial charge on any atom is -0.325 e. The number of hydrogen-bond donors (Lipinski definition) is 1. The quantitative estimate of drug-likeness (QED) is 0.629. The van der Waals surface area contributed by atoms with Gasteiger partial charge < -0.3 is 5.32 Å². The molecule has 0 aromatic heterocycles. The summed E-state index contributed by atoms with van der Waals surface area (Å²) in [5, 5.41) is 2.97. The predicted octanol–water partition coefficient (Wildman–Crippen LogP) is 4.29. The molecule has 1 unspecified atom stereocenters. The molecule has 0 saturated carbocycles. The van der Waals surface area contributed by atoms with E-state index in [1.54, 1.807) is 18.2 Å². The lowest BCUT2D eigenvalue weighted by atomic mass is 10.1. The van der Waals surface area contributed by atoms with Crippen LogP contribution in [0.5, 0.6) is 0 Å². The number of rotatable bonds is 8. The SMILES string of the molecule is CC(c1ccccc1F)N(C)CCC(=O)Nc1cc(S(=O)(=O)N2CCCC2)ccc1Cl. The van der Waals surface area contributed by atoms with Crippen LogP contribution in [-0.2, 0) is 14.8 Å². The summed E-state index contributed by atoms with van der Waals surface area (Å²) >= 11 is 6.19. The van der Waals surface area contributed by atoms with Crippen LogP contribution in [0.2, 0.25) is 5.02 Å². The van der Waals surface area contributed by atoms with Crippen molar-refractivity contribution in [2.45, 2.75) is 37.1 Å². The maximum atomic E-state index is 14.0. The van der Waals surface area contributed by atoms with Gasteiger partial charge in [0, 0.05) is 37.7 Å². The monoisotopic (exact) mass is 467 g/mol. The van der Waals surface area contributed by atoms with Crippen LogP contribution in [0.15, 0.2) is 47.4 Å². The van der Waals surface area contributed by atoms with Crippen LogP contribution in [0.1, 0.15) is 37.8 Å². The highest BCUT2D eigenvalue weighted by atomic mass is 35.5. The van der Waals surface area contributed by atoms with E-state index in [0.717, 1.165) is 12.8 Å². The van der Waals surface area contributed by atoms with E-state index in [-0.39, 0.29) is 39.8 Å². The highest BCUT2D eigenvalue weighted by Gasteiger charge is 2.28. The Balaban J connectivity index is 1.63. The van der Waals surface area contributed by atoms with Crippen LogP contribution in [0.4, 0.5) is 10.1 Å². The number of nitrogens with zero attached hydrogens (tertiary/aromatic N) is 2. The molecule has 2 aromatic carbocycles. The van der Waals surface area contributed by atoms with Crippen molar-refractivity contribution in [3.63, 3.8) is 0 Å². The highest BCUT2D eigenvalue weighted by Crippen LogP contribution is 2.29. The summed E-state index contributed by atoms with van der Waals surface area (Å²) in [7, 11) is -1.79. The lowest BCUT2D eigenvalue weighted by Crippen LogP contribution is -2.28. The molecule has 3 rings (SSSR count). The molecule has 0 aliphatic carbocycles. The molecule has 1 aliphatic rings. The Hall–Kier alpha value is -2.00. The number of carbonyl (C=O) groups is 1. The summed E-state index contributed by atoms with van der Waals surface area (Å²) in [6.45, 7) is 3.27. The highest BCUT2D eigenvalue weighted by molar-refractivity contribution is 7.89. The molecule has 0 spiro atoms. The molecule has 0 bridgehead atoms. The smallest absolute Gasteiger partial charge is 0.243 e. The lowest BCUT2D eigenvalue weighted by molar-refractivity contribution is -0.116. The fraction of sp³-hybridized carbons (Fsp3) is 0.409. The van der Waals surface area contributed by atoms with Gasteiger partial charge in [-0.25, -0.2) is 12.8 Å². The first-order chi connectivity index (χ1) is 14.7. The van der Waals surface area contributed by atoms with Gasteiger partial charge in [0.1, 0.15) is 5.82 Å². The number of amides is 1. The third-order valence-corrected chi connectivity index (χ3v) is 7.85. The van der Waals surface area contributed by atoms with E-state index < -0.39 is 10.0 Å². The van der Waals surface area contributed by atoms with Crippen molar-refractivity contribution < 1.29 is 17.6 Å². The number of nitrogens with one attached hydrogen (secondary N) is 1. The van der Waals surface area contributed by atoms with Crippen molar-refractivity contribution in [2.24, 2.45) is 0 Å². The zero-order chi connectivity index (χ0) is 22.6. The number of hydrogen-bond acceptors (Lipinski definition) is 4. The molecule has 1 aliphatic heterocycles. The van der Waals surface area contributed by atoms with Gasteiger partial charge in [0.25, 0.3) is 0 Å². The molecule has 1 amide bonds. The Morgan fingerprint density at radius 2 is 1.90 bits per heavy atom. The molecule has 31 heavy (non-hydrogen) atoms. The van der Waals surface area contributed by atoms with Crippen LogP contribution < -0.4 is 5.32 Å². The van der Waals surface area contributed by atoms with E-state index in [2.05, 4.69) is 5.32 Å². The molecule has 1 heterocycles. The third kappa shape index (κ3) is 5.63. The Morgan fingerprint density at radius 3 is 2.58 bits per heavy atom. The van der Waals surface area contributed by atoms with Crippen LogP contribution in [-0.4, -0.2) is 50.2 Å². The second-order valence-electron chi connectivity index (χ2n) is 7.73. The summed E-state index contributed by atoms with van der Waals surface area (Å²) in [5.74, 6) is -0.584. The Kier molecular flexibility index (Phi) is 7.69. The summed E-state index contributed by atoms with van der Waals surface area (Å²) < 4.78 is 41.0. The van der Waals surface area contributed by atoms with Gasteiger partial charge in [-0.3, -0.25) is 9.69 Å². The molecule has 6 nitrogen and oxygen atoms in total. The molecular weight excluding hydrogens is 441 g/mol. The van der Waals surface area contributed by atoms with Crippen molar-refractivity contribution in [1.82, 2.24) is 9.21 Å². The average Bonchev–Trinajstić information content (AvgIpc) is 3.29. The Bertz CT molecular complexity index is 1040. The topological polar surface area (TPSA) is 69.7 Å². The van der Waals surface area contributed by atoms with E-state index in [4.69, 9.17) is 11.6 Å². The summed E-state index contributed by atoms with van der Waals surface area (Å²) in [6, 6.07) is 10.7. The lowest BCUT2D eigenvalue weighted by Gasteiger charge is -2.25. The van der Waals surface area contributed by atoms with Gasteiger partial charge in [-0.05, 0) is 51.1 Å². The van der Waals surface area contributed by atoms with Crippen molar-refractivity contribution in [3.8, 4) is 0 Å². The normalized spacial score (nSPS) is 15.9. The van der Waals surface area contributed by atoms with E-state index >= 15 is 0 Å². The van der Waals surface area contributed by atoms with Crippen molar-refractivity contribution in [3.05, 3.63) is 58.9 Å². The molecule has 168 valence electrons. The maximum Gasteiger partial charge on any atom is 0.243 e. The molecule has 9 heteroatoms. The maximum absolute atomic E-state index is 14.0. The minimum absolute atomic E-state index is 0.111. The van der Waals surface area contributed by atoms with E-state index in [1.807, 2.05) is 18.9 Å². The van der Waals surface area contributed by atoms with Crippen LogP contribution in [0.3, 0.4) is 0 Å².